The molecule has 0 bridgehead atoms. The molecule has 0 atom stereocenters. The summed E-state index contributed by atoms with van der Waals surface area (Å²) in [6.07, 6.45) is 0. The van der Waals surface area contributed by atoms with Crippen LogP contribution >= 0.6 is 0 Å². The Morgan fingerprint density at radius 2 is 2.21 bits per heavy atom. The van der Waals surface area contributed by atoms with Gasteiger partial charge in [0.2, 0.25) is 5.89 Å². The largest absolute Gasteiger partial charge is 0.464 e. The Labute approximate surface area is 109 Å². The molecule has 0 aliphatic heterocycles. The summed E-state index contributed by atoms with van der Waals surface area (Å²) in [6.45, 7) is 5.90. The van der Waals surface area contributed by atoms with Crippen LogP contribution in [0.4, 0.5) is 0 Å². The number of ether oxygens (including phenoxy) is 1. The van der Waals surface area contributed by atoms with Gasteiger partial charge in [-0.3, -0.25) is 0 Å². The van der Waals surface area contributed by atoms with Crippen molar-refractivity contribution in [2.45, 2.75) is 33.2 Å². The molecule has 0 spiro atoms. The Morgan fingerprint density at radius 3 is 2.74 bits per heavy atom. The van der Waals surface area contributed by atoms with Crippen molar-refractivity contribution in [1.82, 2.24) is 25.1 Å². The molecule has 8 nitrogen and oxygen atoms in total. The van der Waals surface area contributed by atoms with E-state index in [-0.39, 0.29) is 18.2 Å². The molecule has 0 radical (unpaired) electrons. The highest BCUT2D eigenvalue weighted by Crippen LogP contribution is 2.19. The Bertz CT molecular complexity index is 587. The first-order chi connectivity index (χ1) is 9.02. The standard InChI is InChI=1S/C11H15N5O3/c1-6(2)10-9(11(17)18-4)13-15-16(10)5-8-12-7(3)14-19-8/h6H,5H2,1-4H3. The van der Waals surface area contributed by atoms with Crippen LogP contribution in [0.25, 0.3) is 0 Å². The van der Waals surface area contributed by atoms with E-state index in [1.165, 1.54) is 7.11 Å². The molecular weight excluding hydrogens is 250 g/mol. The number of hydrogen-bond donors (Lipinski definition) is 0. The second-order valence-electron chi connectivity index (χ2n) is 4.36. The van der Waals surface area contributed by atoms with Crippen molar-refractivity contribution in [2.75, 3.05) is 7.11 Å². The van der Waals surface area contributed by atoms with Gasteiger partial charge in [0, 0.05) is 0 Å². The van der Waals surface area contributed by atoms with Gasteiger partial charge in [0.25, 0.3) is 0 Å². The van der Waals surface area contributed by atoms with Gasteiger partial charge in [-0.25, -0.2) is 9.48 Å². The van der Waals surface area contributed by atoms with Crippen molar-refractivity contribution in [2.24, 2.45) is 0 Å². The fourth-order valence-corrected chi connectivity index (χ4v) is 1.78. The quantitative estimate of drug-likeness (QED) is 0.758. The highest BCUT2D eigenvalue weighted by Gasteiger charge is 2.23. The number of rotatable bonds is 4. The zero-order chi connectivity index (χ0) is 14.0. The highest BCUT2D eigenvalue weighted by molar-refractivity contribution is 5.88. The third kappa shape index (κ3) is 2.61. The predicted octanol–water partition coefficient (Wildman–Crippen LogP) is 0.928. The first-order valence-electron chi connectivity index (χ1n) is 5.83. The molecule has 0 aliphatic rings. The summed E-state index contributed by atoms with van der Waals surface area (Å²) in [4.78, 5) is 15.7. The first-order valence-corrected chi connectivity index (χ1v) is 5.83. The number of nitrogens with zero attached hydrogens (tertiary/aromatic N) is 5. The molecule has 2 aromatic heterocycles. The van der Waals surface area contributed by atoms with E-state index in [9.17, 15) is 4.79 Å². The topological polar surface area (TPSA) is 95.9 Å². The van der Waals surface area contributed by atoms with Crippen LogP contribution in [0, 0.1) is 6.92 Å². The van der Waals surface area contributed by atoms with Gasteiger partial charge in [0.05, 0.1) is 12.8 Å². The van der Waals surface area contributed by atoms with Crippen LogP contribution in [-0.2, 0) is 11.3 Å². The molecule has 2 heterocycles. The summed E-state index contributed by atoms with van der Waals surface area (Å²) in [5.74, 6) is 0.528. The van der Waals surface area contributed by atoms with E-state index in [1.54, 1.807) is 11.6 Å². The van der Waals surface area contributed by atoms with Gasteiger partial charge in [0.1, 0.15) is 6.54 Å². The van der Waals surface area contributed by atoms with Crippen molar-refractivity contribution in [3.63, 3.8) is 0 Å². The fourth-order valence-electron chi connectivity index (χ4n) is 1.78. The lowest BCUT2D eigenvalue weighted by Crippen LogP contribution is -2.12. The molecule has 2 rings (SSSR count). The monoisotopic (exact) mass is 265 g/mol. The molecule has 0 amide bonds. The molecular formula is C11H15N5O3. The first kappa shape index (κ1) is 13.2. The van der Waals surface area contributed by atoms with Crippen molar-refractivity contribution in [3.05, 3.63) is 23.1 Å². The number of hydrogen-bond acceptors (Lipinski definition) is 7. The number of aromatic nitrogens is 5. The van der Waals surface area contributed by atoms with Gasteiger partial charge in [-0.05, 0) is 12.8 Å². The van der Waals surface area contributed by atoms with Gasteiger partial charge in [-0.2, -0.15) is 4.98 Å². The summed E-state index contributed by atoms with van der Waals surface area (Å²) in [7, 11) is 1.31. The molecule has 0 aromatic carbocycles. The molecule has 0 aliphatic carbocycles. The van der Waals surface area contributed by atoms with Crippen LogP contribution < -0.4 is 0 Å². The van der Waals surface area contributed by atoms with Crippen LogP contribution in [-0.4, -0.2) is 38.2 Å². The normalized spacial score (nSPS) is 11.0. The van der Waals surface area contributed by atoms with Crippen LogP contribution in [0.1, 0.15) is 47.7 Å². The smallest absolute Gasteiger partial charge is 0.360 e. The minimum atomic E-state index is -0.503. The average Bonchev–Trinajstić information content (AvgIpc) is 2.95. The summed E-state index contributed by atoms with van der Waals surface area (Å²) in [5, 5.41) is 11.5. The number of carbonyl (C=O) groups excluding carboxylic acids is 1. The average molecular weight is 265 g/mol. The van der Waals surface area contributed by atoms with Crippen molar-refractivity contribution < 1.29 is 14.1 Å². The van der Waals surface area contributed by atoms with Gasteiger partial charge >= 0.3 is 5.97 Å². The molecule has 102 valence electrons. The van der Waals surface area contributed by atoms with Crippen molar-refractivity contribution >= 4 is 5.97 Å². The summed E-state index contributed by atoms with van der Waals surface area (Å²) < 4.78 is 11.3. The second-order valence-corrected chi connectivity index (χ2v) is 4.36. The minimum Gasteiger partial charge on any atom is -0.464 e. The van der Waals surface area contributed by atoms with Crippen LogP contribution in [0.3, 0.4) is 0 Å². The lowest BCUT2D eigenvalue weighted by Gasteiger charge is -2.08. The molecule has 0 saturated heterocycles. The Hall–Kier alpha value is -2.25. The molecule has 19 heavy (non-hydrogen) atoms. The molecule has 8 heteroatoms. The lowest BCUT2D eigenvalue weighted by atomic mass is 10.1. The zero-order valence-corrected chi connectivity index (χ0v) is 11.2. The summed E-state index contributed by atoms with van der Waals surface area (Å²) in [6, 6.07) is 0. The maximum absolute atomic E-state index is 11.6. The molecule has 2 aromatic rings. The zero-order valence-electron chi connectivity index (χ0n) is 11.2. The Balaban J connectivity index is 2.35. The molecule has 0 fully saturated rings. The van der Waals surface area contributed by atoms with Gasteiger partial charge in [-0.15, -0.1) is 5.10 Å². The predicted molar refractivity (Wildman–Crippen MR) is 63.6 cm³/mol. The fraction of sp³-hybridized carbons (Fsp3) is 0.545. The van der Waals surface area contributed by atoms with E-state index in [4.69, 9.17) is 4.52 Å². The van der Waals surface area contributed by atoms with Gasteiger partial charge in [0.15, 0.2) is 11.5 Å². The highest BCUT2D eigenvalue weighted by atomic mass is 16.5. The Kier molecular flexibility index (Phi) is 3.59. The van der Waals surface area contributed by atoms with Crippen LogP contribution in [0.2, 0.25) is 0 Å². The summed E-state index contributed by atoms with van der Waals surface area (Å²) >= 11 is 0. The van der Waals surface area contributed by atoms with E-state index >= 15 is 0 Å². The minimum absolute atomic E-state index is 0.0631. The maximum atomic E-state index is 11.6. The van der Waals surface area contributed by atoms with Crippen molar-refractivity contribution in [3.8, 4) is 0 Å². The van der Waals surface area contributed by atoms with E-state index < -0.39 is 5.97 Å². The maximum Gasteiger partial charge on any atom is 0.360 e. The number of esters is 1. The van der Waals surface area contributed by atoms with E-state index in [1.807, 2.05) is 13.8 Å². The lowest BCUT2D eigenvalue weighted by molar-refractivity contribution is 0.0592. The summed E-state index contributed by atoms with van der Waals surface area (Å²) in [5.41, 5.74) is 0.899. The van der Waals surface area contributed by atoms with Crippen LogP contribution in [0.15, 0.2) is 4.52 Å². The van der Waals surface area contributed by atoms with Crippen LogP contribution in [0.5, 0.6) is 0 Å². The van der Waals surface area contributed by atoms with E-state index in [0.29, 0.717) is 17.4 Å². The Morgan fingerprint density at radius 1 is 1.47 bits per heavy atom. The number of carbonyl (C=O) groups is 1. The number of aryl methyl sites for hydroxylation is 1. The number of methoxy groups -OCH3 is 1. The van der Waals surface area contributed by atoms with E-state index in [2.05, 4.69) is 25.2 Å². The van der Waals surface area contributed by atoms with Gasteiger partial charge in [-0.1, -0.05) is 24.2 Å². The SMILES string of the molecule is COC(=O)c1nnn(Cc2nc(C)no2)c1C(C)C. The van der Waals surface area contributed by atoms with Gasteiger partial charge < -0.3 is 9.26 Å². The molecule has 0 saturated carbocycles. The third-order valence-electron chi connectivity index (χ3n) is 2.55. The molecule has 0 unspecified atom stereocenters. The molecule has 0 N–H and O–H groups in total. The second kappa shape index (κ2) is 5.17. The van der Waals surface area contributed by atoms with Crippen molar-refractivity contribution in [1.29, 1.82) is 0 Å². The third-order valence-corrected chi connectivity index (χ3v) is 2.55. The van der Waals surface area contributed by atoms with E-state index in [0.717, 1.165) is 0 Å².